The molecule has 1 N–H and O–H groups in total. The number of rotatable bonds is 4. The quantitative estimate of drug-likeness (QED) is 0.917. The van der Waals surface area contributed by atoms with Crippen LogP contribution in [0.4, 0.5) is 15.3 Å². The Morgan fingerprint density at radius 2 is 1.65 bits per heavy atom. The van der Waals surface area contributed by atoms with Gasteiger partial charge in [-0.25, -0.2) is 9.59 Å². The molecule has 0 aromatic heterocycles. The fourth-order valence-electron chi connectivity index (χ4n) is 1.78. The lowest BCUT2D eigenvalue weighted by molar-refractivity contribution is 0.140. The van der Waals surface area contributed by atoms with Gasteiger partial charge in [0.2, 0.25) is 0 Å². The average molecular weight is 281 g/mol. The van der Waals surface area contributed by atoms with Crippen LogP contribution in [0.3, 0.4) is 0 Å². The van der Waals surface area contributed by atoms with Gasteiger partial charge in [-0.1, -0.05) is 13.0 Å². The molecule has 0 heterocycles. The van der Waals surface area contributed by atoms with Crippen LogP contribution in [0.5, 0.6) is 5.75 Å². The third-order valence-electron chi connectivity index (χ3n) is 2.62. The van der Waals surface area contributed by atoms with Gasteiger partial charge < -0.3 is 14.6 Å². The zero-order chi connectivity index (χ0) is 15.1. The van der Waals surface area contributed by atoms with E-state index in [0.717, 1.165) is 4.90 Å². The molecule has 0 unspecified atom stereocenters. The summed E-state index contributed by atoms with van der Waals surface area (Å²) in [6.45, 7) is 5.37. The molecule has 110 valence electrons. The average Bonchev–Trinajstić information content (AvgIpc) is 2.40. The van der Waals surface area contributed by atoms with E-state index in [4.69, 9.17) is 9.47 Å². The molecule has 1 rings (SSSR count). The number of carbonyl (C=O) groups excluding carboxylic acids is 2. The summed E-state index contributed by atoms with van der Waals surface area (Å²) in [6, 6.07) is 4.61. The first-order valence-corrected chi connectivity index (χ1v) is 6.51. The second-order valence-electron chi connectivity index (χ2n) is 3.86. The Hall–Kier alpha value is -2.24. The van der Waals surface area contributed by atoms with Gasteiger partial charge >= 0.3 is 12.2 Å². The highest BCUT2D eigenvalue weighted by atomic mass is 16.6. The van der Waals surface area contributed by atoms with Crippen molar-refractivity contribution in [2.45, 2.75) is 27.2 Å². The number of phenolic OH excluding ortho intramolecular Hbond substituents is 1. The first-order valence-electron chi connectivity index (χ1n) is 6.51. The van der Waals surface area contributed by atoms with Gasteiger partial charge in [0.15, 0.2) is 0 Å². The van der Waals surface area contributed by atoms with Gasteiger partial charge in [-0.05, 0) is 32.4 Å². The summed E-state index contributed by atoms with van der Waals surface area (Å²) in [7, 11) is 0. The standard InChI is InChI=1S/C14H19NO5/c1-4-10-11(8-7-9-12(10)16)15(13(17)19-5-2)14(18)20-6-3/h7-9,16H,4-6H2,1-3H3. The molecule has 0 fully saturated rings. The summed E-state index contributed by atoms with van der Waals surface area (Å²) in [6.07, 6.45) is -1.20. The zero-order valence-corrected chi connectivity index (χ0v) is 11.9. The lowest BCUT2D eigenvalue weighted by atomic mass is 10.1. The van der Waals surface area contributed by atoms with Crippen LogP contribution in [-0.2, 0) is 15.9 Å². The lowest BCUT2D eigenvalue weighted by Gasteiger charge is -2.22. The van der Waals surface area contributed by atoms with E-state index in [1.165, 1.54) is 6.07 Å². The third-order valence-corrected chi connectivity index (χ3v) is 2.62. The largest absolute Gasteiger partial charge is 0.508 e. The number of hydrogen-bond acceptors (Lipinski definition) is 5. The highest BCUT2D eigenvalue weighted by Gasteiger charge is 2.28. The minimum absolute atomic E-state index is 0.0172. The second-order valence-corrected chi connectivity index (χ2v) is 3.86. The Morgan fingerprint density at radius 3 is 2.10 bits per heavy atom. The molecule has 2 amide bonds. The molecule has 0 aliphatic rings. The Balaban J connectivity index is 3.26. The van der Waals surface area contributed by atoms with Crippen molar-refractivity contribution in [1.29, 1.82) is 0 Å². The number of anilines is 1. The fourth-order valence-corrected chi connectivity index (χ4v) is 1.78. The molecule has 6 nitrogen and oxygen atoms in total. The van der Waals surface area contributed by atoms with Crippen LogP contribution in [0.2, 0.25) is 0 Å². The van der Waals surface area contributed by atoms with Crippen molar-refractivity contribution in [2.75, 3.05) is 18.1 Å². The summed E-state index contributed by atoms with van der Waals surface area (Å²) in [4.78, 5) is 24.7. The van der Waals surface area contributed by atoms with Gasteiger partial charge in [0, 0.05) is 5.56 Å². The van der Waals surface area contributed by atoms with Gasteiger partial charge in [-0.3, -0.25) is 0 Å². The summed E-state index contributed by atoms with van der Waals surface area (Å²) >= 11 is 0. The van der Waals surface area contributed by atoms with E-state index in [1.54, 1.807) is 26.0 Å². The summed E-state index contributed by atoms with van der Waals surface area (Å²) in [5.74, 6) is 0.0172. The van der Waals surface area contributed by atoms with Crippen LogP contribution in [0.15, 0.2) is 18.2 Å². The second kappa shape index (κ2) is 7.37. The number of phenols is 1. The molecule has 0 atom stereocenters. The van der Waals surface area contributed by atoms with E-state index in [1.807, 2.05) is 6.92 Å². The van der Waals surface area contributed by atoms with Gasteiger partial charge in [-0.2, -0.15) is 4.90 Å². The number of aromatic hydroxyl groups is 1. The molecule has 0 saturated carbocycles. The van der Waals surface area contributed by atoms with Crippen molar-refractivity contribution in [1.82, 2.24) is 0 Å². The molecule has 0 aliphatic heterocycles. The molecule has 0 aliphatic carbocycles. The molecule has 1 aromatic rings. The molecule has 0 bridgehead atoms. The zero-order valence-electron chi connectivity index (χ0n) is 11.9. The number of benzene rings is 1. The van der Waals surface area contributed by atoms with Crippen molar-refractivity contribution < 1.29 is 24.2 Å². The third kappa shape index (κ3) is 3.40. The smallest absolute Gasteiger partial charge is 0.424 e. The molecule has 0 saturated heterocycles. The summed E-state index contributed by atoms with van der Waals surface area (Å²) in [5.41, 5.74) is 0.748. The van der Waals surface area contributed by atoms with E-state index in [-0.39, 0.29) is 24.7 Å². The predicted octanol–water partition coefficient (Wildman–Crippen LogP) is 3.07. The molecular weight excluding hydrogens is 262 g/mol. The van der Waals surface area contributed by atoms with Gasteiger partial charge in [-0.15, -0.1) is 0 Å². The van der Waals surface area contributed by atoms with Crippen molar-refractivity contribution in [3.63, 3.8) is 0 Å². The van der Waals surface area contributed by atoms with Crippen molar-refractivity contribution in [3.05, 3.63) is 23.8 Å². The van der Waals surface area contributed by atoms with Crippen LogP contribution in [0.1, 0.15) is 26.3 Å². The monoisotopic (exact) mass is 281 g/mol. The van der Waals surface area contributed by atoms with Crippen LogP contribution < -0.4 is 4.90 Å². The maximum absolute atomic E-state index is 12.0. The van der Waals surface area contributed by atoms with Gasteiger partial charge in [0.05, 0.1) is 18.9 Å². The molecule has 0 spiro atoms. The Morgan fingerprint density at radius 1 is 1.10 bits per heavy atom. The number of nitrogens with zero attached hydrogens (tertiary/aromatic N) is 1. The number of amides is 2. The first kappa shape index (κ1) is 15.8. The van der Waals surface area contributed by atoms with Crippen LogP contribution in [0.25, 0.3) is 0 Å². The van der Waals surface area contributed by atoms with Crippen LogP contribution >= 0.6 is 0 Å². The highest BCUT2D eigenvalue weighted by molar-refractivity contribution is 6.10. The van der Waals surface area contributed by atoms with Crippen LogP contribution in [0, 0.1) is 0 Å². The van der Waals surface area contributed by atoms with E-state index in [0.29, 0.717) is 12.0 Å². The molecule has 1 aromatic carbocycles. The summed E-state index contributed by atoms with van der Waals surface area (Å²) in [5, 5.41) is 9.83. The maximum Gasteiger partial charge on any atom is 0.424 e. The first-order chi connectivity index (χ1) is 9.56. The molecule has 6 heteroatoms. The number of carbonyl (C=O) groups is 2. The Bertz CT molecular complexity index is 468. The van der Waals surface area contributed by atoms with Crippen molar-refractivity contribution in [3.8, 4) is 5.75 Å². The number of imide groups is 1. The normalized spacial score (nSPS) is 9.95. The Kier molecular flexibility index (Phi) is 5.83. The molecular formula is C14H19NO5. The molecule has 0 radical (unpaired) electrons. The lowest BCUT2D eigenvalue weighted by Crippen LogP contribution is -2.38. The fraction of sp³-hybridized carbons (Fsp3) is 0.429. The highest BCUT2D eigenvalue weighted by Crippen LogP contribution is 2.30. The number of hydrogen-bond donors (Lipinski definition) is 1. The Labute approximate surface area is 117 Å². The predicted molar refractivity (Wildman–Crippen MR) is 74.0 cm³/mol. The van der Waals surface area contributed by atoms with E-state index in [9.17, 15) is 14.7 Å². The van der Waals surface area contributed by atoms with Crippen LogP contribution in [-0.4, -0.2) is 30.5 Å². The van der Waals surface area contributed by atoms with Gasteiger partial charge in [0.1, 0.15) is 5.75 Å². The minimum Gasteiger partial charge on any atom is -0.508 e. The maximum atomic E-state index is 12.0. The topological polar surface area (TPSA) is 76.1 Å². The number of ether oxygens (including phenoxy) is 2. The molecule has 20 heavy (non-hydrogen) atoms. The van der Waals surface area contributed by atoms with E-state index < -0.39 is 12.2 Å². The van der Waals surface area contributed by atoms with Gasteiger partial charge in [0.25, 0.3) is 0 Å². The SMILES string of the molecule is CCOC(=O)N(C(=O)OCC)c1cccc(O)c1CC. The van der Waals surface area contributed by atoms with E-state index >= 15 is 0 Å². The minimum atomic E-state index is -0.828. The van der Waals surface area contributed by atoms with E-state index in [2.05, 4.69) is 0 Å². The van der Waals surface area contributed by atoms with Crippen molar-refractivity contribution in [2.24, 2.45) is 0 Å². The summed E-state index contributed by atoms with van der Waals surface area (Å²) < 4.78 is 9.74. The van der Waals surface area contributed by atoms with Crippen molar-refractivity contribution >= 4 is 17.9 Å².